The first kappa shape index (κ1) is 13.7. The van der Waals surface area contributed by atoms with E-state index in [9.17, 15) is 8.78 Å². The van der Waals surface area contributed by atoms with E-state index in [1.165, 1.54) is 12.1 Å². The summed E-state index contributed by atoms with van der Waals surface area (Å²) in [5.74, 6) is -0.403. The zero-order chi connectivity index (χ0) is 13.8. The van der Waals surface area contributed by atoms with E-state index < -0.39 is 0 Å². The fourth-order valence-corrected chi connectivity index (χ4v) is 2.41. The fourth-order valence-electron chi connectivity index (χ4n) is 2.41. The zero-order valence-corrected chi connectivity index (χ0v) is 11.2. The van der Waals surface area contributed by atoms with Crippen LogP contribution in [0, 0.1) is 17.6 Å². The molecule has 0 N–H and O–H groups in total. The Bertz CT molecular complexity index is 501. The average Bonchev–Trinajstić information content (AvgIpc) is 2.37. The number of hydrogen-bond donors (Lipinski definition) is 0. The van der Waals surface area contributed by atoms with Crippen molar-refractivity contribution in [2.24, 2.45) is 5.92 Å². The van der Waals surface area contributed by atoms with Crippen molar-refractivity contribution in [3.63, 3.8) is 0 Å². The first-order chi connectivity index (χ1) is 9.09. The summed E-state index contributed by atoms with van der Waals surface area (Å²) in [5.41, 5.74) is 1.14. The topological polar surface area (TPSA) is 0 Å². The minimum absolute atomic E-state index is 0.234. The van der Waals surface area contributed by atoms with Crippen LogP contribution < -0.4 is 0 Å². The van der Waals surface area contributed by atoms with Crippen molar-refractivity contribution in [2.45, 2.75) is 26.2 Å². The van der Waals surface area contributed by atoms with E-state index >= 15 is 0 Å². The molecule has 0 fully saturated rings. The van der Waals surface area contributed by atoms with Gasteiger partial charge in [0.2, 0.25) is 0 Å². The number of halogens is 2. The Hall–Kier alpha value is -1.70. The fraction of sp³-hybridized carbons (Fsp3) is 0.294. The van der Waals surface area contributed by atoms with Gasteiger partial charge in [-0.15, -0.1) is 0 Å². The molecule has 0 aliphatic rings. The van der Waals surface area contributed by atoms with E-state index in [1.807, 2.05) is 0 Å². The van der Waals surface area contributed by atoms with Crippen LogP contribution in [-0.2, 0) is 0 Å². The molecule has 0 atom stereocenters. The second-order valence-electron chi connectivity index (χ2n) is 5.23. The maximum absolute atomic E-state index is 14.0. The van der Waals surface area contributed by atoms with Crippen molar-refractivity contribution in [3.05, 3.63) is 71.3 Å². The molecule has 0 radical (unpaired) electrons. The summed E-state index contributed by atoms with van der Waals surface area (Å²) in [6.07, 6.45) is 0.724. The molecule has 0 nitrogen and oxygen atoms in total. The average molecular weight is 260 g/mol. The van der Waals surface area contributed by atoms with Crippen molar-refractivity contribution in [3.8, 4) is 0 Å². The molecule has 19 heavy (non-hydrogen) atoms. The molecular formula is C17H18F2. The Morgan fingerprint density at radius 3 is 1.58 bits per heavy atom. The van der Waals surface area contributed by atoms with Gasteiger partial charge in [0, 0.05) is 5.92 Å². The Balaban J connectivity index is 2.48. The monoisotopic (exact) mass is 260 g/mol. The molecule has 0 unspecified atom stereocenters. The molecular weight excluding hydrogens is 242 g/mol. The van der Waals surface area contributed by atoms with Crippen LogP contribution in [-0.4, -0.2) is 0 Å². The maximum atomic E-state index is 14.0. The molecule has 2 aromatic carbocycles. The first-order valence-corrected chi connectivity index (χ1v) is 6.58. The van der Waals surface area contributed by atoms with E-state index in [1.54, 1.807) is 36.4 Å². The predicted molar refractivity (Wildman–Crippen MR) is 74.1 cm³/mol. The van der Waals surface area contributed by atoms with Gasteiger partial charge in [-0.25, -0.2) is 8.78 Å². The lowest BCUT2D eigenvalue weighted by Gasteiger charge is -2.21. The van der Waals surface area contributed by atoms with Crippen molar-refractivity contribution >= 4 is 0 Å². The molecule has 0 amide bonds. The second kappa shape index (κ2) is 5.96. The zero-order valence-electron chi connectivity index (χ0n) is 11.2. The summed E-state index contributed by atoms with van der Waals surface area (Å²) in [7, 11) is 0. The molecule has 0 spiro atoms. The smallest absolute Gasteiger partial charge is 0.127 e. The van der Waals surface area contributed by atoms with Gasteiger partial charge in [0.05, 0.1) is 0 Å². The second-order valence-corrected chi connectivity index (χ2v) is 5.23. The highest BCUT2D eigenvalue weighted by Gasteiger charge is 2.21. The van der Waals surface area contributed by atoms with Gasteiger partial charge in [0.15, 0.2) is 0 Å². The molecule has 0 heterocycles. The van der Waals surface area contributed by atoms with Gasteiger partial charge in [-0.2, -0.15) is 0 Å². The highest BCUT2D eigenvalue weighted by atomic mass is 19.1. The van der Waals surface area contributed by atoms with E-state index in [2.05, 4.69) is 13.8 Å². The minimum atomic E-state index is -0.267. The Morgan fingerprint density at radius 1 is 0.789 bits per heavy atom. The summed E-state index contributed by atoms with van der Waals surface area (Å²) in [4.78, 5) is 0. The molecule has 0 aliphatic heterocycles. The van der Waals surface area contributed by atoms with Crippen LogP contribution in [0.25, 0.3) is 0 Å². The maximum Gasteiger partial charge on any atom is 0.127 e. The van der Waals surface area contributed by atoms with Gasteiger partial charge in [0.1, 0.15) is 11.6 Å². The normalized spacial score (nSPS) is 11.3. The van der Waals surface area contributed by atoms with Crippen LogP contribution in [0.3, 0.4) is 0 Å². The highest BCUT2D eigenvalue weighted by Crippen LogP contribution is 2.33. The number of rotatable bonds is 4. The Kier molecular flexibility index (Phi) is 4.31. The predicted octanol–water partition coefficient (Wildman–Crippen LogP) is 5.14. The third kappa shape index (κ3) is 3.19. The Labute approximate surface area is 113 Å². The van der Waals surface area contributed by atoms with Crippen LogP contribution in [0.15, 0.2) is 48.5 Å². The van der Waals surface area contributed by atoms with Gasteiger partial charge in [-0.05, 0) is 35.6 Å². The van der Waals surface area contributed by atoms with E-state index in [-0.39, 0.29) is 17.6 Å². The van der Waals surface area contributed by atoms with Crippen LogP contribution in [0.4, 0.5) is 8.78 Å². The van der Waals surface area contributed by atoms with Gasteiger partial charge < -0.3 is 0 Å². The first-order valence-electron chi connectivity index (χ1n) is 6.58. The molecule has 2 aromatic rings. The van der Waals surface area contributed by atoms with E-state index in [4.69, 9.17) is 0 Å². The minimum Gasteiger partial charge on any atom is -0.207 e. The van der Waals surface area contributed by atoms with Gasteiger partial charge in [-0.1, -0.05) is 50.2 Å². The van der Waals surface area contributed by atoms with Crippen LogP contribution >= 0.6 is 0 Å². The van der Waals surface area contributed by atoms with E-state index in [0.717, 1.165) is 6.42 Å². The summed E-state index contributed by atoms with van der Waals surface area (Å²) < 4.78 is 28.0. The van der Waals surface area contributed by atoms with Gasteiger partial charge in [0.25, 0.3) is 0 Å². The molecule has 0 aliphatic carbocycles. The molecule has 100 valence electrons. The molecule has 0 bridgehead atoms. The standard InChI is InChI=1S/C17H18F2/c1-12(2)11-15(13-7-3-5-9-16(13)18)14-8-4-6-10-17(14)19/h3-10,12,15H,11H2,1-2H3. The number of hydrogen-bond acceptors (Lipinski definition) is 0. The summed E-state index contributed by atoms with van der Waals surface area (Å²) in [6.45, 7) is 4.13. The molecule has 2 rings (SSSR count). The van der Waals surface area contributed by atoms with E-state index in [0.29, 0.717) is 17.0 Å². The molecule has 0 saturated heterocycles. The summed E-state index contributed by atoms with van der Waals surface area (Å²) in [6, 6.07) is 13.3. The quantitative estimate of drug-likeness (QED) is 0.713. The van der Waals surface area contributed by atoms with Gasteiger partial charge in [-0.3, -0.25) is 0 Å². The summed E-state index contributed by atoms with van der Waals surface area (Å²) in [5, 5.41) is 0. The lowest BCUT2D eigenvalue weighted by molar-refractivity contribution is 0.500. The van der Waals surface area contributed by atoms with Gasteiger partial charge >= 0.3 is 0 Å². The lowest BCUT2D eigenvalue weighted by Crippen LogP contribution is -2.09. The largest absolute Gasteiger partial charge is 0.207 e. The molecule has 0 aromatic heterocycles. The SMILES string of the molecule is CC(C)CC(c1ccccc1F)c1ccccc1F. The van der Waals surface area contributed by atoms with Crippen LogP contribution in [0.1, 0.15) is 37.3 Å². The third-order valence-electron chi connectivity index (χ3n) is 3.27. The summed E-state index contributed by atoms with van der Waals surface area (Å²) >= 11 is 0. The van der Waals surface area contributed by atoms with Crippen molar-refractivity contribution in [1.29, 1.82) is 0 Å². The highest BCUT2D eigenvalue weighted by molar-refractivity contribution is 5.34. The molecule has 0 saturated carbocycles. The van der Waals surface area contributed by atoms with Crippen LogP contribution in [0.2, 0.25) is 0 Å². The lowest BCUT2D eigenvalue weighted by atomic mass is 9.84. The van der Waals surface area contributed by atoms with Crippen LogP contribution in [0.5, 0.6) is 0 Å². The molecule has 2 heteroatoms. The van der Waals surface area contributed by atoms with Crippen molar-refractivity contribution < 1.29 is 8.78 Å². The van der Waals surface area contributed by atoms with Crippen molar-refractivity contribution in [2.75, 3.05) is 0 Å². The third-order valence-corrected chi connectivity index (χ3v) is 3.27. The van der Waals surface area contributed by atoms with Crippen molar-refractivity contribution in [1.82, 2.24) is 0 Å². The number of benzene rings is 2. The Morgan fingerprint density at radius 2 is 1.21 bits per heavy atom.